The topological polar surface area (TPSA) is 62.4 Å². The van der Waals surface area contributed by atoms with Gasteiger partial charge in [0.2, 0.25) is 0 Å². The number of anilines is 2. The van der Waals surface area contributed by atoms with Crippen LogP contribution in [0.3, 0.4) is 0 Å². The van der Waals surface area contributed by atoms with E-state index in [0.717, 1.165) is 4.90 Å². The van der Waals surface area contributed by atoms with Crippen LogP contribution < -0.4 is 10.6 Å². The van der Waals surface area contributed by atoms with Crippen LogP contribution in [0.15, 0.2) is 12.1 Å². The maximum absolute atomic E-state index is 12.3. The van der Waals surface area contributed by atoms with E-state index in [-0.39, 0.29) is 19.0 Å². The van der Waals surface area contributed by atoms with Gasteiger partial charge >= 0.3 is 6.18 Å². The van der Waals surface area contributed by atoms with Gasteiger partial charge in [0.15, 0.2) is 0 Å². The number of aliphatic hydroxyl groups is 1. The van der Waals surface area contributed by atoms with Crippen LogP contribution in [-0.2, 0) is 0 Å². The summed E-state index contributed by atoms with van der Waals surface area (Å²) >= 11 is 0. The number of hydrogen-bond acceptors (Lipinski definition) is 4. The van der Waals surface area contributed by atoms with Crippen LogP contribution in [0.25, 0.3) is 0 Å². The Morgan fingerprint density at radius 3 is 2.53 bits per heavy atom. The first-order valence-electron chi connectivity index (χ1n) is 4.99. The molecule has 0 aliphatic rings. The molecule has 96 valence electrons. The van der Waals surface area contributed by atoms with E-state index in [1.807, 2.05) is 0 Å². The first-order chi connectivity index (χ1) is 7.83. The number of rotatable bonds is 4. The second-order valence-electron chi connectivity index (χ2n) is 3.60. The van der Waals surface area contributed by atoms with Crippen LogP contribution in [0, 0.1) is 6.92 Å². The number of nitrogens with zero attached hydrogens (tertiary/aromatic N) is 2. The molecule has 0 bridgehead atoms. The van der Waals surface area contributed by atoms with Gasteiger partial charge in [-0.1, -0.05) is 0 Å². The van der Waals surface area contributed by atoms with Gasteiger partial charge in [-0.3, -0.25) is 0 Å². The smallest absolute Gasteiger partial charge is 0.397 e. The largest absolute Gasteiger partial charge is 0.405 e. The number of aryl methyl sites for hydroxylation is 1. The molecule has 0 radical (unpaired) electrons. The van der Waals surface area contributed by atoms with Crippen molar-refractivity contribution in [3.8, 4) is 0 Å². The lowest BCUT2D eigenvalue weighted by molar-refractivity contribution is -0.120. The molecule has 0 fully saturated rings. The van der Waals surface area contributed by atoms with Gasteiger partial charge in [-0.2, -0.15) is 13.2 Å². The third-order valence-corrected chi connectivity index (χ3v) is 2.18. The van der Waals surface area contributed by atoms with Gasteiger partial charge in [0, 0.05) is 6.54 Å². The molecule has 0 saturated heterocycles. The zero-order valence-corrected chi connectivity index (χ0v) is 9.33. The minimum Gasteiger partial charge on any atom is -0.397 e. The van der Waals surface area contributed by atoms with Crippen molar-refractivity contribution in [2.24, 2.45) is 0 Å². The molecule has 4 nitrogen and oxygen atoms in total. The Bertz CT molecular complexity index is 382. The molecule has 0 aliphatic heterocycles. The van der Waals surface area contributed by atoms with Crippen molar-refractivity contribution >= 4 is 11.5 Å². The van der Waals surface area contributed by atoms with E-state index in [9.17, 15) is 13.2 Å². The fourth-order valence-electron chi connectivity index (χ4n) is 1.35. The fourth-order valence-corrected chi connectivity index (χ4v) is 1.35. The lowest BCUT2D eigenvalue weighted by Gasteiger charge is -2.24. The molecule has 0 atom stereocenters. The second-order valence-corrected chi connectivity index (χ2v) is 3.60. The maximum Gasteiger partial charge on any atom is 0.405 e. The fraction of sp³-hybridized carbons (Fsp3) is 0.500. The van der Waals surface area contributed by atoms with Crippen molar-refractivity contribution in [1.82, 2.24) is 4.98 Å². The molecular formula is C10H14F3N3O. The predicted octanol–water partition coefficient (Wildman–Crippen LogP) is 1.33. The molecule has 0 amide bonds. The van der Waals surface area contributed by atoms with Crippen molar-refractivity contribution in [1.29, 1.82) is 0 Å². The average molecular weight is 249 g/mol. The van der Waals surface area contributed by atoms with E-state index in [2.05, 4.69) is 4.98 Å². The summed E-state index contributed by atoms with van der Waals surface area (Å²) in [5, 5.41) is 8.76. The molecule has 0 spiro atoms. The molecular weight excluding hydrogens is 235 g/mol. The summed E-state index contributed by atoms with van der Waals surface area (Å²) in [6.45, 7) is -0.0372. The van der Waals surface area contributed by atoms with Crippen LogP contribution in [0.5, 0.6) is 0 Å². The standard InChI is InChI=1S/C10H14F3N3O/c1-7-8(14)2-3-9(15-7)16(4-5-17)6-10(11,12)13/h2-3,17H,4-6,14H2,1H3. The molecule has 1 aromatic rings. The monoisotopic (exact) mass is 249 g/mol. The summed E-state index contributed by atoms with van der Waals surface area (Å²) < 4.78 is 37.0. The average Bonchev–Trinajstić information content (AvgIpc) is 2.19. The third kappa shape index (κ3) is 4.10. The molecule has 17 heavy (non-hydrogen) atoms. The number of alkyl halides is 3. The highest BCUT2D eigenvalue weighted by molar-refractivity contribution is 5.50. The molecule has 7 heteroatoms. The first kappa shape index (κ1) is 13.6. The van der Waals surface area contributed by atoms with Crippen molar-refractivity contribution in [3.05, 3.63) is 17.8 Å². The Hall–Kier alpha value is -1.50. The van der Waals surface area contributed by atoms with Gasteiger partial charge < -0.3 is 15.7 Å². The Balaban J connectivity index is 2.93. The zero-order chi connectivity index (χ0) is 13.1. The van der Waals surface area contributed by atoms with Gasteiger partial charge in [-0.25, -0.2) is 4.98 Å². The van der Waals surface area contributed by atoms with E-state index in [4.69, 9.17) is 10.8 Å². The van der Waals surface area contributed by atoms with Crippen LogP contribution in [-0.4, -0.2) is 36.0 Å². The maximum atomic E-state index is 12.3. The number of nitrogen functional groups attached to an aromatic ring is 1. The summed E-state index contributed by atoms with van der Waals surface area (Å²) in [5.74, 6) is 0.156. The van der Waals surface area contributed by atoms with Crippen molar-refractivity contribution in [2.45, 2.75) is 13.1 Å². The van der Waals surface area contributed by atoms with Crippen molar-refractivity contribution < 1.29 is 18.3 Å². The number of hydrogen-bond donors (Lipinski definition) is 2. The number of pyridine rings is 1. The molecule has 1 rings (SSSR count). The Labute approximate surface area is 96.9 Å². The van der Waals surface area contributed by atoms with E-state index in [1.54, 1.807) is 6.92 Å². The number of halogens is 3. The van der Waals surface area contributed by atoms with Crippen LogP contribution in [0.2, 0.25) is 0 Å². The molecule has 3 N–H and O–H groups in total. The summed E-state index contributed by atoms with van der Waals surface area (Å²) in [6, 6.07) is 2.90. The summed E-state index contributed by atoms with van der Waals surface area (Å²) in [5.41, 5.74) is 6.42. The minimum atomic E-state index is -4.34. The third-order valence-electron chi connectivity index (χ3n) is 2.18. The van der Waals surface area contributed by atoms with Crippen LogP contribution in [0.1, 0.15) is 5.69 Å². The number of aromatic nitrogens is 1. The highest BCUT2D eigenvalue weighted by Gasteiger charge is 2.31. The van der Waals surface area contributed by atoms with Crippen LogP contribution >= 0.6 is 0 Å². The van der Waals surface area contributed by atoms with Gasteiger partial charge in [-0.05, 0) is 19.1 Å². The quantitative estimate of drug-likeness (QED) is 0.845. The van der Waals surface area contributed by atoms with Gasteiger partial charge in [-0.15, -0.1) is 0 Å². The normalized spacial score (nSPS) is 11.6. The molecule has 1 heterocycles. The predicted molar refractivity (Wildman–Crippen MR) is 58.7 cm³/mol. The highest BCUT2D eigenvalue weighted by atomic mass is 19.4. The van der Waals surface area contributed by atoms with Crippen LogP contribution in [0.4, 0.5) is 24.7 Å². The van der Waals surface area contributed by atoms with Gasteiger partial charge in [0.05, 0.1) is 18.0 Å². The molecule has 1 aromatic heterocycles. The number of nitrogens with two attached hydrogens (primary N) is 1. The van der Waals surface area contributed by atoms with Gasteiger partial charge in [0.25, 0.3) is 0 Å². The molecule has 0 unspecified atom stereocenters. The van der Waals surface area contributed by atoms with E-state index >= 15 is 0 Å². The lowest BCUT2D eigenvalue weighted by Crippen LogP contribution is -2.36. The number of aliphatic hydroxyl groups excluding tert-OH is 1. The summed E-state index contributed by atoms with van der Waals surface area (Å²) in [7, 11) is 0. The summed E-state index contributed by atoms with van der Waals surface area (Å²) in [4.78, 5) is 4.93. The molecule has 0 aromatic carbocycles. The van der Waals surface area contributed by atoms with E-state index in [1.165, 1.54) is 12.1 Å². The molecule has 0 aliphatic carbocycles. The first-order valence-corrected chi connectivity index (χ1v) is 4.99. The Morgan fingerprint density at radius 2 is 2.06 bits per heavy atom. The minimum absolute atomic E-state index is 0.129. The SMILES string of the molecule is Cc1nc(N(CCO)CC(F)(F)F)ccc1N. The Morgan fingerprint density at radius 1 is 1.41 bits per heavy atom. The molecule has 0 saturated carbocycles. The van der Waals surface area contributed by atoms with Crippen molar-refractivity contribution in [2.75, 3.05) is 30.3 Å². The van der Waals surface area contributed by atoms with Crippen molar-refractivity contribution in [3.63, 3.8) is 0 Å². The second kappa shape index (κ2) is 5.22. The van der Waals surface area contributed by atoms with Gasteiger partial charge in [0.1, 0.15) is 12.4 Å². The Kier molecular flexibility index (Phi) is 4.17. The van der Waals surface area contributed by atoms with E-state index < -0.39 is 12.7 Å². The summed E-state index contributed by atoms with van der Waals surface area (Å²) in [6.07, 6.45) is -4.34. The van der Waals surface area contributed by atoms with E-state index in [0.29, 0.717) is 11.4 Å². The highest BCUT2D eigenvalue weighted by Crippen LogP contribution is 2.22. The zero-order valence-electron chi connectivity index (χ0n) is 9.33. The lowest BCUT2D eigenvalue weighted by atomic mass is 10.3.